The molecular weight excluding hydrogens is 428 g/mol. The molecule has 1 amide bonds. The van der Waals surface area contributed by atoms with Gasteiger partial charge in [0.05, 0.1) is 23.6 Å². The Morgan fingerprint density at radius 3 is 2.48 bits per heavy atom. The monoisotopic (exact) mass is 447 g/mol. The molecule has 5 nitrogen and oxygen atoms in total. The lowest BCUT2D eigenvalue weighted by molar-refractivity contribution is 0.0971. The Bertz CT molecular complexity index is 1430. The number of amides is 1. The van der Waals surface area contributed by atoms with Gasteiger partial charge in [-0.05, 0) is 66.6 Å². The number of hydrogen-bond donors (Lipinski definition) is 0. The van der Waals surface area contributed by atoms with E-state index < -0.39 is 29.0 Å². The molecule has 0 aliphatic carbocycles. The van der Waals surface area contributed by atoms with Crippen LogP contribution in [0.4, 0.5) is 14.5 Å². The molecule has 166 valence electrons. The summed E-state index contributed by atoms with van der Waals surface area (Å²) in [5.74, 6) is -1.10. The van der Waals surface area contributed by atoms with Gasteiger partial charge >= 0.3 is 0 Å². The molecule has 2 heterocycles. The summed E-state index contributed by atoms with van der Waals surface area (Å²) >= 11 is 0. The zero-order valence-corrected chi connectivity index (χ0v) is 17.7. The van der Waals surface area contributed by atoms with Crippen molar-refractivity contribution < 1.29 is 22.7 Å². The Morgan fingerprint density at radius 1 is 0.970 bits per heavy atom. The fraction of sp³-hybridized carbons (Fsp3) is 0.154. The summed E-state index contributed by atoms with van der Waals surface area (Å²) in [4.78, 5) is 28.4. The van der Waals surface area contributed by atoms with Crippen LogP contribution in [0.2, 0.25) is 0 Å². The van der Waals surface area contributed by atoms with Crippen LogP contribution in [0.3, 0.4) is 0 Å². The van der Waals surface area contributed by atoms with Crippen LogP contribution in [0.5, 0.6) is 5.75 Å². The summed E-state index contributed by atoms with van der Waals surface area (Å²) in [5, 5.41) is 0.0471. The molecule has 1 aliphatic heterocycles. The minimum atomic E-state index is -0.855. The molecule has 1 unspecified atom stereocenters. The fourth-order valence-corrected chi connectivity index (χ4v) is 4.12. The van der Waals surface area contributed by atoms with E-state index in [1.54, 1.807) is 24.3 Å². The maximum Gasteiger partial charge on any atom is 0.295 e. The number of carbonyl (C=O) groups is 1. The van der Waals surface area contributed by atoms with Gasteiger partial charge in [0.1, 0.15) is 23.0 Å². The zero-order valence-electron chi connectivity index (χ0n) is 17.7. The molecule has 0 radical (unpaired) electrons. The van der Waals surface area contributed by atoms with Crippen molar-refractivity contribution in [1.82, 2.24) is 0 Å². The number of anilines is 1. The van der Waals surface area contributed by atoms with E-state index in [0.29, 0.717) is 23.6 Å². The summed E-state index contributed by atoms with van der Waals surface area (Å²) in [7, 11) is 0. The Morgan fingerprint density at radius 2 is 1.73 bits per heavy atom. The van der Waals surface area contributed by atoms with Gasteiger partial charge in [-0.3, -0.25) is 14.5 Å². The van der Waals surface area contributed by atoms with Gasteiger partial charge in [-0.1, -0.05) is 19.1 Å². The van der Waals surface area contributed by atoms with Crippen LogP contribution in [0.15, 0.2) is 75.9 Å². The number of carbonyl (C=O) groups excluding carboxylic acids is 1. The molecule has 7 heteroatoms. The van der Waals surface area contributed by atoms with Crippen LogP contribution in [0.25, 0.3) is 11.0 Å². The second kappa shape index (κ2) is 8.16. The predicted molar refractivity (Wildman–Crippen MR) is 120 cm³/mol. The summed E-state index contributed by atoms with van der Waals surface area (Å²) in [6, 6.07) is 15.2. The lowest BCUT2D eigenvalue weighted by atomic mass is 9.98. The minimum Gasteiger partial charge on any atom is -0.494 e. The number of ether oxygens (including phenoxy) is 1. The molecule has 0 saturated carbocycles. The van der Waals surface area contributed by atoms with Crippen LogP contribution >= 0.6 is 0 Å². The molecule has 0 bridgehead atoms. The fourth-order valence-electron chi connectivity index (χ4n) is 4.12. The van der Waals surface area contributed by atoms with E-state index in [-0.39, 0.29) is 22.3 Å². The van der Waals surface area contributed by atoms with Gasteiger partial charge in [0.25, 0.3) is 5.91 Å². The van der Waals surface area contributed by atoms with Crippen molar-refractivity contribution in [2.24, 2.45) is 0 Å². The third-order valence-electron chi connectivity index (χ3n) is 5.58. The summed E-state index contributed by atoms with van der Waals surface area (Å²) in [5.41, 5.74) is 0.743. The smallest absolute Gasteiger partial charge is 0.295 e. The van der Waals surface area contributed by atoms with Crippen LogP contribution in [-0.2, 0) is 0 Å². The highest BCUT2D eigenvalue weighted by molar-refractivity contribution is 6.10. The van der Waals surface area contributed by atoms with Crippen molar-refractivity contribution in [1.29, 1.82) is 0 Å². The van der Waals surface area contributed by atoms with Gasteiger partial charge in [0.2, 0.25) is 5.76 Å². The Kier molecular flexibility index (Phi) is 5.17. The standard InChI is InChI=1S/C26H19F2NO4/c1-2-12-32-19-5-3-4-15(13-19)23-22-24(30)20-14-17(28)8-11-21(20)33-25(22)26(31)29(23)18-9-6-16(27)7-10-18/h3-11,13-14,23H,2,12H2,1H3. The third-order valence-corrected chi connectivity index (χ3v) is 5.58. The molecule has 5 rings (SSSR count). The van der Waals surface area contributed by atoms with Gasteiger partial charge in [0, 0.05) is 5.69 Å². The molecule has 1 aromatic heterocycles. The van der Waals surface area contributed by atoms with E-state index in [1.165, 1.54) is 41.3 Å². The van der Waals surface area contributed by atoms with Crippen molar-refractivity contribution in [3.05, 3.63) is 105 Å². The number of benzene rings is 3. The van der Waals surface area contributed by atoms with E-state index in [4.69, 9.17) is 9.15 Å². The van der Waals surface area contributed by atoms with E-state index in [1.807, 2.05) is 6.92 Å². The van der Waals surface area contributed by atoms with Crippen molar-refractivity contribution in [2.45, 2.75) is 19.4 Å². The highest BCUT2D eigenvalue weighted by Gasteiger charge is 2.43. The van der Waals surface area contributed by atoms with Crippen molar-refractivity contribution in [3.8, 4) is 5.75 Å². The Balaban J connectivity index is 1.76. The molecule has 0 saturated heterocycles. The highest BCUT2D eigenvalue weighted by Crippen LogP contribution is 2.42. The summed E-state index contributed by atoms with van der Waals surface area (Å²) < 4.78 is 39.0. The van der Waals surface area contributed by atoms with Gasteiger partial charge < -0.3 is 9.15 Å². The summed E-state index contributed by atoms with van der Waals surface area (Å²) in [6.07, 6.45) is 0.817. The van der Waals surface area contributed by atoms with E-state index in [2.05, 4.69) is 0 Å². The number of nitrogens with zero attached hydrogens (tertiary/aromatic N) is 1. The second-order valence-corrected chi connectivity index (χ2v) is 7.79. The average Bonchev–Trinajstić information content (AvgIpc) is 3.11. The number of hydrogen-bond acceptors (Lipinski definition) is 4. The van der Waals surface area contributed by atoms with Crippen molar-refractivity contribution >= 4 is 22.6 Å². The first-order valence-corrected chi connectivity index (χ1v) is 10.6. The highest BCUT2D eigenvalue weighted by atomic mass is 19.1. The Hall–Kier alpha value is -4.00. The van der Waals surface area contributed by atoms with Gasteiger partial charge in [0.15, 0.2) is 5.43 Å². The Labute approximate surface area is 187 Å². The lowest BCUT2D eigenvalue weighted by Gasteiger charge is -2.25. The van der Waals surface area contributed by atoms with E-state index in [0.717, 1.165) is 12.5 Å². The lowest BCUT2D eigenvalue weighted by Crippen LogP contribution is -2.29. The SMILES string of the molecule is CCCOc1cccc(C2c3c(oc4ccc(F)cc4c3=O)C(=O)N2c2ccc(F)cc2)c1. The first-order valence-electron chi connectivity index (χ1n) is 10.6. The first-order chi connectivity index (χ1) is 16.0. The van der Waals surface area contributed by atoms with E-state index >= 15 is 0 Å². The van der Waals surface area contributed by atoms with Crippen molar-refractivity contribution in [3.63, 3.8) is 0 Å². The van der Waals surface area contributed by atoms with Gasteiger partial charge in [-0.2, -0.15) is 0 Å². The quantitative estimate of drug-likeness (QED) is 0.399. The van der Waals surface area contributed by atoms with Crippen molar-refractivity contribution in [2.75, 3.05) is 11.5 Å². The first kappa shape index (κ1) is 20.9. The van der Waals surface area contributed by atoms with Crippen LogP contribution in [0.1, 0.15) is 41.1 Å². The zero-order chi connectivity index (χ0) is 23.1. The molecule has 1 aliphatic rings. The third kappa shape index (κ3) is 3.55. The predicted octanol–water partition coefficient (Wildman–Crippen LogP) is 5.61. The number of fused-ring (bicyclic) bond motifs is 2. The molecular formula is C26H19F2NO4. The normalized spacial score (nSPS) is 15.2. The molecule has 33 heavy (non-hydrogen) atoms. The van der Waals surface area contributed by atoms with Gasteiger partial charge in [-0.25, -0.2) is 8.78 Å². The van der Waals surface area contributed by atoms with Crippen LogP contribution in [0, 0.1) is 11.6 Å². The maximum atomic E-state index is 13.9. The van der Waals surface area contributed by atoms with E-state index in [9.17, 15) is 18.4 Å². The minimum absolute atomic E-state index is 0.0471. The molecule has 0 spiro atoms. The van der Waals surface area contributed by atoms with Crippen LogP contribution in [-0.4, -0.2) is 12.5 Å². The maximum absolute atomic E-state index is 13.9. The number of halogens is 2. The topological polar surface area (TPSA) is 59.8 Å². The molecule has 3 aromatic carbocycles. The molecule has 0 fully saturated rings. The second-order valence-electron chi connectivity index (χ2n) is 7.79. The number of rotatable bonds is 5. The molecule has 1 atom stereocenters. The molecule has 4 aromatic rings. The summed E-state index contributed by atoms with van der Waals surface area (Å²) in [6.45, 7) is 2.50. The van der Waals surface area contributed by atoms with Crippen LogP contribution < -0.4 is 15.1 Å². The molecule has 0 N–H and O–H groups in total. The largest absolute Gasteiger partial charge is 0.494 e. The van der Waals surface area contributed by atoms with Gasteiger partial charge in [-0.15, -0.1) is 0 Å². The average molecular weight is 447 g/mol.